The van der Waals surface area contributed by atoms with E-state index in [-0.39, 0.29) is 23.1 Å². The summed E-state index contributed by atoms with van der Waals surface area (Å²) >= 11 is 0. The molecule has 0 unspecified atom stereocenters. The monoisotopic (exact) mass is 408 g/mol. The predicted octanol–water partition coefficient (Wildman–Crippen LogP) is 3.05. The third-order valence-electron chi connectivity index (χ3n) is 5.60. The van der Waals surface area contributed by atoms with Crippen LogP contribution in [0.3, 0.4) is 0 Å². The van der Waals surface area contributed by atoms with Crippen LogP contribution in [0.1, 0.15) is 36.8 Å². The van der Waals surface area contributed by atoms with E-state index in [1.807, 2.05) is 0 Å². The number of carbonyl (C=O) groups excluding carboxylic acids is 2. The minimum atomic E-state index is -1.29. The Morgan fingerprint density at radius 3 is 2.57 bits per heavy atom. The Balaban J connectivity index is 2.00. The number of nitrogens with two attached hydrogens (primary N) is 1. The Morgan fingerprint density at radius 1 is 1.27 bits per heavy atom. The molecule has 154 valence electrons. The molecule has 0 spiro atoms. The highest BCUT2D eigenvalue weighted by Crippen LogP contribution is 2.47. The van der Waals surface area contributed by atoms with Gasteiger partial charge in [-0.25, -0.2) is 14.2 Å². The van der Waals surface area contributed by atoms with Gasteiger partial charge in [0.15, 0.2) is 5.96 Å². The van der Waals surface area contributed by atoms with Gasteiger partial charge >= 0.3 is 0 Å². The van der Waals surface area contributed by atoms with Crippen molar-refractivity contribution in [2.45, 2.75) is 26.3 Å². The highest BCUT2D eigenvalue weighted by atomic mass is 19.1. The number of pyridine rings is 1. The van der Waals surface area contributed by atoms with Gasteiger partial charge in [0, 0.05) is 24.5 Å². The van der Waals surface area contributed by atoms with Crippen molar-refractivity contribution in [1.82, 2.24) is 9.88 Å². The van der Waals surface area contributed by atoms with E-state index >= 15 is 0 Å². The molecule has 3 rings (SSSR count). The maximum absolute atomic E-state index is 14.8. The molecule has 1 atom stereocenters. The zero-order valence-corrected chi connectivity index (χ0v) is 17.0. The average Bonchev–Trinajstić information content (AvgIpc) is 2.72. The first kappa shape index (κ1) is 20.9. The second-order valence-electron chi connectivity index (χ2n) is 7.69. The van der Waals surface area contributed by atoms with Crippen LogP contribution in [-0.4, -0.2) is 34.7 Å². The fourth-order valence-corrected chi connectivity index (χ4v) is 3.33. The zero-order chi connectivity index (χ0) is 22.3. The quantitative estimate of drug-likeness (QED) is 0.762. The van der Waals surface area contributed by atoms with Crippen LogP contribution in [0.2, 0.25) is 0 Å². The molecule has 2 heterocycles. The van der Waals surface area contributed by atoms with E-state index < -0.39 is 22.7 Å². The van der Waals surface area contributed by atoms with Crippen molar-refractivity contribution in [3.63, 3.8) is 0 Å². The number of benzene rings is 1. The number of guanidine groups is 1. The van der Waals surface area contributed by atoms with Crippen LogP contribution >= 0.6 is 0 Å². The number of hydrogen-bond donors (Lipinski definition) is 2. The highest BCUT2D eigenvalue weighted by Gasteiger charge is 2.53. The summed E-state index contributed by atoms with van der Waals surface area (Å²) in [5, 5.41) is 2.66. The topological polar surface area (TPSA) is 105 Å². The third-order valence-corrected chi connectivity index (χ3v) is 5.60. The summed E-state index contributed by atoms with van der Waals surface area (Å²) in [5.41, 5.74) is 4.38. The standard InChI is InChI=1S/C21H21FN6O2/c1-20(2)18(30)28(5)19(23)27-21(20,3)14-10-12(6-8-15(14)22)26-17(29)16-9-7-13(24-4)11-25-16/h6-11H,1-3,5H3,(H2,23,27)(H,26,29)/t21-/m1/s1. The molecule has 0 saturated heterocycles. The van der Waals surface area contributed by atoms with Crippen LogP contribution in [0.4, 0.5) is 15.8 Å². The Hall–Kier alpha value is -3.80. The van der Waals surface area contributed by atoms with Crippen LogP contribution < -0.4 is 11.1 Å². The first-order valence-corrected chi connectivity index (χ1v) is 9.09. The van der Waals surface area contributed by atoms with Crippen molar-refractivity contribution in [2.75, 3.05) is 12.4 Å². The van der Waals surface area contributed by atoms with E-state index in [4.69, 9.17) is 12.3 Å². The van der Waals surface area contributed by atoms with E-state index in [2.05, 4.69) is 20.1 Å². The van der Waals surface area contributed by atoms with Gasteiger partial charge in [-0.3, -0.25) is 19.5 Å². The van der Waals surface area contributed by atoms with Gasteiger partial charge < -0.3 is 11.1 Å². The van der Waals surface area contributed by atoms with Gasteiger partial charge in [-0.2, -0.15) is 0 Å². The van der Waals surface area contributed by atoms with Gasteiger partial charge in [-0.05, 0) is 45.0 Å². The largest absolute Gasteiger partial charge is 0.369 e. The Labute approximate surface area is 173 Å². The Bertz CT molecular complexity index is 1100. The molecule has 0 saturated carbocycles. The lowest BCUT2D eigenvalue weighted by Gasteiger charge is -2.46. The number of anilines is 1. The number of carbonyl (C=O) groups is 2. The van der Waals surface area contributed by atoms with Gasteiger partial charge in [0.2, 0.25) is 11.6 Å². The normalized spacial score (nSPS) is 20.3. The summed E-state index contributed by atoms with van der Waals surface area (Å²) in [5.74, 6) is -1.40. The smallest absolute Gasteiger partial charge is 0.274 e. The van der Waals surface area contributed by atoms with Gasteiger partial charge in [0.1, 0.15) is 17.1 Å². The van der Waals surface area contributed by atoms with Crippen LogP contribution in [-0.2, 0) is 10.3 Å². The SMILES string of the molecule is [C-]#[N+]c1ccc(C(=O)Nc2ccc(F)c([C@@]3(C)N=C(N)N(C)C(=O)C3(C)C)c2)nc1. The molecule has 2 amide bonds. The highest BCUT2D eigenvalue weighted by molar-refractivity contribution is 6.03. The van der Waals surface area contributed by atoms with Gasteiger partial charge in [0.25, 0.3) is 5.91 Å². The van der Waals surface area contributed by atoms with E-state index in [1.54, 1.807) is 20.8 Å². The number of rotatable bonds is 3. The molecule has 3 N–H and O–H groups in total. The molecular formula is C21H21FN6O2. The molecule has 1 aromatic heterocycles. The number of hydrogen-bond acceptors (Lipinski definition) is 5. The molecule has 8 nitrogen and oxygen atoms in total. The lowest BCUT2D eigenvalue weighted by Crippen LogP contribution is -2.58. The van der Waals surface area contributed by atoms with Crippen molar-refractivity contribution >= 4 is 29.1 Å². The molecule has 1 aliphatic rings. The van der Waals surface area contributed by atoms with E-state index in [9.17, 15) is 14.0 Å². The van der Waals surface area contributed by atoms with Gasteiger partial charge in [0.05, 0.1) is 12.0 Å². The van der Waals surface area contributed by atoms with Crippen molar-refractivity contribution in [3.05, 3.63) is 65.0 Å². The Morgan fingerprint density at radius 2 is 1.97 bits per heavy atom. The van der Waals surface area contributed by atoms with E-state index in [0.717, 1.165) is 0 Å². The molecule has 2 aromatic rings. The number of nitrogens with zero attached hydrogens (tertiary/aromatic N) is 4. The number of halogens is 1. The fraction of sp³-hybridized carbons (Fsp3) is 0.286. The van der Waals surface area contributed by atoms with Crippen molar-refractivity contribution in [2.24, 2.45) is 16.1 Å². The summed E-state index contributed by atoms with van der Waals surface area (Å²) in [7, 11) is 1.52. The van der Waals surface area contributed by atoms with Crippen molar-refractivity contribution in [1.29, 1.82) is 0 Å². The minimum absolute atomic E-state index is 0.0141. The van der Waals surface area contributed by atoms with Crippen molar-refractivity contribution < 1.29 is 14.0 Å². The van der Waals surface area contributed by atoms with Crippen LogP contribution in [0.25, 0.3) is 4.85 Å². The molecule has 1 aliphatic heterocycles. The lowest BCUT2D eigenvalue weighted by atomic mass is 9.67. The molecule has 1 aromatic carbocycles. The van der Waals surface area contributed by atoms with E-state index in [1.165, 1.54) is 48.5 Å². The average molecular weight is 408 g/mol. The molecule has 0 aliphatic carbocycles. The second-order valence-corrected chi connectivity index (χ2v) is 7.69. The van der Waals surface area contributed by atoms with Crippen LogP contribution in [0.15, 0.2) is 41.5 Å². The lowest BCUT2D eigenvalue weighted by molar-refractivity contribution is -0.140. The minimum Gasteiger partial charge on any atom is -0.369 e. The predicted molar refractivity (Wildman–Crippen MR) is 110 cm³/mol. The number of aromatic nitrogens is 1. The number of aliphatic imine (C=N–C) groups is 1. The summed E-state index contributed by atoms with van der Waals surface area (Å²) in [6.45, 7) is 11.9. The van der Waals surface area contributed by atoms with E-state index in [0.29, 0.717) is 11.4 Å². The molecule has 0 bridgehead atoms. The summed E-state index contributed by atoms with van der Waals surface area (Å²) < 4.78 is 14.8. The maximum Gasteiger partial charge on any atom is 0.274 e. The first-order chi connectivity index (χ1) is 14.0. The third kappa shape index (κ3) is 3.26. The number of nitrogens with one attached hydrogen (secondary N) is 1. The molecule has 0 radical (unpaired) electrons. The van der Waals surface area contributed by atoms with Crippen molar-refractivity contribution in [3.8, 4) is 0 Å². The summed E-state index contributed by atoms with van der Waals surface area (Å²) in [4.78, 5) is 38.1. The number of amides is 2. The Kier molecular flexibility index (Phi) is 5.04. The van der Waals surface area contributed by atoms with Crippen LogP contribution in [0, 0.1) is 17.8 Å². The van der Waals surface area contributed by atoms with Gasteiger partial charge in [-0.1, -0.05) is 6.07 Å². The molecule has 30 heavy (non-hydrogen) atoms. The zero-order valence-electron chi connectivity index (χ0n) is 17.0. The van der Waals surface area contributed by atoms with Gasteiger partial charge in [-0.15, -0.1) is 0 Å². The second kappa shape index (κ2) is 7.22. The maximum atomic E-state index is 14.8. The van der Waals surface area contributed by atoms with Crippen LogP contribution in [0.5, 0.6) is 0 Å². The summed E-state index contributed by atoms with van der Waals surface area (Å²) in [6, 6.07) is 6.97. The first-order valence-electron chi connectivity index (χ1n) is 9.09. The molecular weight excluding hydrogens is 387 g/mol. The molecule has 9 heteroatoms. The fourth-order valence-electron chi connectivity index (χ4n) is 3.33. The summed E-state index contributed by atoms with van der Waals surface area (Å²) in [6.07, 6.45) is 1.29. The molecule has 0 fully saturated rings.